The van der Waals surface area contributed by atoms with Crippen molar-refractivity contribution in [2.75, 3.05) is 33.2 Å². The quantitative estimate of drug-likeness (QED) is 0.410. The third-order valence-corrected chi connectivity index (χ3v) is 7.70. The number of rotatable bonds is 10. The van der Waals surface area contributed by atoms with E-state index < -0.39 is 0 Å². The van der Waals surface area contributed by atoms with Gasteiger partial charge in [-0.2, -0.15) is 0 Å². The highest BCUT2D eigenvalue weighted by Gasteiger charge is 2.38. The third kappa shape index (κ3) is 8.44. The second-order valence-electron chi connectivity index (χ2n) is 11.3. The van der Waals surface area contributed by atoms with Gasteiger partial charge in [-0.3, -0.25) is 15.0 Å². The lowest BCUT2D eigenvalue weighted by Crippen LogP contribution is -2.57. The second-order valence-corrected chi connectivity index (χ2v) is 11.8. The van der Waals surface area contributed by atoms with Gasteiger partial charge >= 0.3 is 0 Å². The van der Waals surface area contributed by atoms with Gasteiger partial charge in [-0.15, -0.1) is 0 Å². The lowest BCUT2D eigenvalue weighted by molar-refractivity contribution is -0.146. The zero-order chi connectivity index (χ0) is 26.1. The van der Waals surface area contributed by atoms with E-state index in [9.17, 15) is 9.59 Å². The minimum Gasteiger partial charge on any atom is -0.335 e. The molecule has 0 spiro atoms. The number of piperidine rings is 1. The summed E-state index contributed by atoms with van der Waals surface area (Å²) in [5.41, 5.74) is 4.01. The van der Waals surface area contributed by atoms with Crippen LogP contribution in [0.4, 0.5) is 0 Å². The molecule has 1 aromatic carbocycles. The zero-order valence-corrected chi connectivity index (χ0v) is 23.4. The molecule has 2 amide bonds. The van der Waals surface area contributed by atoms with Crippen molar-refractivity contribution in [1.82, 2.24) is 26.0 Å². The topological polar surface area (TPSA) is 76.7 Å². The Hall–Kier alpha value is -1.67. The molecule has 7 nitrogen and oxygen atoms in total. The fraction of sp³-hybridized carbons (Fsp3) is 0.714. The van der Waals surface area contributed by atoms with Gasteiger partial charge in [-0.25, -0.2) is 5.01 Å². The first kappa shape index (κ1) is 28.9. The van der Waals surface area contributed by atoms with Crippen LogP contribution in [-0.2, 0) is 16.0 Å². The van der Waals surface area contributed by atoms with Crippen molar-refractivity contribution >= 4 is 23.4 Å². The predicted molar refractivity (Wildman–Crippen MR) is 147 cm³/mol. The minimum absolute atomic E-state index is 0.0259. The molecular formula is C28H46ClN5O2. The summed E-state index contributed by atoms with van der Waals surface area (Å²) in [6.45, 7) is 9.35. The van der Waals surface area contributed by atoms with Crippen LogP contribution in [0.5, 0.6) is 0 Å². The predicted octanol–water partition coefficient (Wildman–Crippen LogP) is 3.76. The Bertz CT molecular complexity index is 827. The van der Waals surface area contributed by atoms with Gasteiger partial charge in [0.05, 0.1) is 6.04 Å². The number of hydrogen-bond donors (Lipinski definition) is 3. The number of amides is 2. The van der Waals surface area contributed by atoms with Gasteiger partial charge < -0.3 is 15.5 Å². The Morgan fingerprint density at radius 2 is 1.67 bits per heavy atom. The van der Waals surface area contributed by atoms with Crippen molar-refractivity contribution in [3.8, 4) is 0 Å². The third-order valence-electron chi connectivity index (χ3n) is 7.45. The molecule has 1 heterocycles. The number of nitrogens with zero attached hydrogens (tertiary/aromatic N) is 2. The van der Waals surface area contributed by atoms with Gasteiger partial charge in [0.15, 0.2) is 0 Å². The van der Waals surface area contributed by atoms with Gasteiger partial charge in [-0.1, -0.05) is 43.0 Å². The maximum atomic E-state index is 13.6. The summed E-state index contributed by atoms with van der Waals surface area (Å²) < 4.78 is 0. The van der Waals surface area contributed by atoms with E-state index in [-0.39, 0.29) is 23.4 Å². The first-order valence-electron chi connectivity index (χ1n) is 13.7. The smallest absolute Gasteiger partial charge is 0.251 e. The number of likely N-dealkylation sites (N-methyl/N-ethyl adjacent to an activating group) is 1. The van der Waals surface area contributed by atoms with Crippen LogP contribution >= 0.6 is 11.6 Å². The molecule has 202 valence electrons. The average molecular weight is 520 g/mol. The molecule has 1 saturated heterocycles. The molecule has 3 N–H and O–H groups in total. The molecule has 2 fully saturated rings. The molecule has 0 aromatic heterocycles. The van der Waals surface area contributed by atoms with Crippen molar-refractivity contribution in [3.05, 3.63) is 34.9 Å². The number of halogens is 1. The Morgan fingerprint density at radius 1 is 1.03 bits per heavy atom. The summed E-state index contributed by atoms with van der Waals surface area (Å²) in [7, 11) is 1.90. The monoisotopic (exact) mass is 519 g/mol. The lowest BCUT2D eigenvalue weighted by atomic mass is 9.87. The molecular weight excluding hydrogens is 474 g/mol. The Labute approximate surface area is 222 Å². The standard InChI is InChI=1S/C28H46ClN5O2/c1-28(2,3)34(24-8-6-5-7-9-24)27(36)22-14-18-33(19-15-22)32-26(35)25(31-17-16-30-4)20-21-10-12-23(29)13-11-21/h10-13,22,24-25,30-31H,5-9,14-20H2,1-4H3,(H,32,35)/t25-/m1/s1. The van der Waals surface area contributed by atoms with Crippen molar-refractivity contribution in [2.24, 2.45) is 5.92 Å². The van der Waals surface area contributed by atoms with Crippen LogP contribution in [-0.4, -0.2) is 72.6 Å². The number of carbonyl (C=O) groups is 2. The molecule has 1 atom stereocenters. The van der Waals surface area contributed by atoms with E-state index in [0.29, 0.717) is 43.0 Å². The van der Waals surface area contributed by atoms with Crippen LogP contribution in [0.15, 0.2) is 24.3 Å². The van der Waals surface area contributed by atoms with Crippen molar-refractivity contribution < 1.29 is 9.59 Å². The van der Waals surface area contributed by atoms with E-state index >= 15 is 0 Å². The van der Waals surface area contributed by atoms with E-state index in [1.165, 1.54) is 19.3 Å². The summed E-state index contributed by atoms with van der Waals surface area (Å²) in [6.07, 6.45) is 8.08. The number of benzene rings is 1. The van der Waals surface area contributed by atoms with Crippen molar-refractivity contribution in [2.45, 2.75) is 89.8 Å². The van der Waals surface area contributed by atoms with Crippen LogP contribution in [0.2, 0.25) is 5.02 Å². The molecule has 1 aromatic rings. The van der Waals surface area contributed by atoms with E-state index in [4.69, 9.17) is 11.6 Å². The van der Waals surface area contributed by atoms with E-state index in [2.05, 4.69) is 41.7 Å². The molecule has 8 heteroatoms. The molecule has 0 radical (unpaired) electrons. The van der Waals surface area contributed by atoms with E-state index in [0.717, 1.165) is 37.8 Å². The van der Waals surface area contributed by atoms with Gasteiger partial charge in [0, 0.05) is 48.7 Å². The van der Waals surface area contributed by atoms with Crippen molar-refractivity contribution in [3.63, 3.8) is 0 Å². The fourth-order valence-electron chi connectivity index (χ4n) is 5.55. The van der Waals surface area contributed by atoms with Crippen LogP contribution in [0.25, 0.3) is 0 Å². The Kier molecular flexibility index (Phi) is 11.0. The molecule has 3 rings (SSSR count). The average Bonchev–Trinajstić information content (AvgIpc) is 2.85. The molecule has 1 saturated carbocycles. The number of hydrazine groups is 1. The van der Waals surface area contributed by atoms with E-state index in [1.807, 2.05) is 36.3 Å². The van der Waals surface area contributed by atoms with Crippen LogP contribution in [0.3, 0.4) is 0 Å². The Balaban J connectivity index is 1.56. The van der Waals surface area contributed by atoms with E-state index in [1.54, 1.807) is 0 Å². The number of nitrogens with one attached hydrogen (secondary N) is 3. The molecule has 1 aliphatic carbocycles. The Morgan fingerprint density at radius 3 is 2.25 bits per heavy atom. The molecule has 0 unspecified atom stereocenters. The zero-order valence-electron chi connectivity index (χ0n) is 22.6. The molecule has 2 aliphatic rings. The largest absolute Gasteiger partial charge is 0.335 e. The van der Waals surface area contributed by atoms with Crippen LogP contribution in [0, 0.1) is 5.92 Å². The summed E-state index contributed by atoms with van der Waals surface area (Å²) in [5, 5.41) is 9.17. The summed E-state index contributed by atoms with van der Waals surface area (Å²) in [4.78, 5) is 29.0. The maximum absolute atomic E-state index is 13.6. The molecule has 36 heavy (non-hydrogen) atoms. The van der Waals surface area contributed by atoms with Crippen LogP contribution < -0.4 is 16.1 Å². The first-order valence-corrected chi connectivity index (χ1v) is 14.1. The SMILES string of the molecule is CNCCN[C@H](Cc1ccc(Cl)cc1)C(=O)NN1CCC(C(=O)N(C2CCCCC2)C(C)(C)C)CC1. The lowest BCUT2D eigenvalue weighted by Gasteiger charge is -2.46. The summed E-state index contributed by atoms with van der Waals surface area (Å²) >= 11 is 6.03. The van der Waals surface area contributed by atoms with Gasteiger partial charge in [0.2, 0.25) is 5.91 Å². The normalized spacial score (nSPS) is 19.1. The fourth-order valence-corrected chi connectivity index (χ4v) is 5.68. The van der Waals surface area contributed by atoms with Gasteiger partial charge in [0.25, 0.3) is 5.91 Å². The van der Waals surface area contributed by atoms with Crippen molar-refractivity contribution in [1.29, 1.82) is 0 Å². The number of carbonyl (C=O) groups excluding carboxylic acids is 2. The summed E-state index contributed by atoms with van der Waals surface area (Å²) in [5.74, 6) is 0.289. The minimum atomic E-state index is -0.346. The number of hydrogen-bond acceptors (Lipinski definition) is 5. The maximum Gasteiger partial charge on any atom is 0.251 e. The van der Waals surface area contributed by atoms with Gasteiger partial charge in [0.1, 0.15) is 0 Å². The second kappa shape index (κ2) is 13.8. The summed E-state index contributed by atoms with van der Waals surface area (Å²) in [6, 6.07) is 7.66. The highest BCUT2D eigenvalue weighted by Crippen LogP contribution is 2.31. The highest BCUT2D eigenvalue weighted by molar-refractivity contribution is 6.30. The molecule has 0 bridgehead atoms. The van der Waals surface area contributed by atoms with Crippen LogP contribution in [0.1, 0.15) is 71.3 Å². The highest BCUT2D eigenvalue weighted by atomic mass is 35.5. The van der Waals surface area contributed by atoms with Gasteiger partial charge in [-0.05, 0) is 77.6 Å². The first-order chi connectivity index (χ1) is 17.2. The molecule has 1 aliphatic heterocycles.